The van der Waals surface area contributed by atoms with Crippen LogP contribution < -0.4 is 11.2 Å². The zero-order valence-corrected chi connectivity index (χ0v) is 19.7. The third-order valence-corrected chi connectivity index (χ3v) is 8.16. The van der Waals surface area contributed by atoms with Crippen molar-refractivity contribution < 1.29 is 9.59 Å². The molecule has 2 aromatic rings. The summed E-state index contributed by atoms with van der Waals surface area (Å²) >= 11 is 1.59. The van der Waals surface area contributed by atoms with Gasteiger partial charge in [-0.1, -0.05) is 12.1 Å². The molecule has 4 atom stereocenters. The van der Waals surface area contributed by atoms with Gasteiger partial charge in [-0.25, -0.2) is 9.36 Å². The lowest BCUT2D eigenvalue weighted by atomic mass is 9.76. The lowest BCUT2D eigenvalue weighted by Gasteiger charge is -2.52. The standard InChI is InChI=1S/C24H30N4O4S/c1-33-10-9-20(28-22(30)17-5-2-3-6-18(17)25-24(28)32)23(31)26-12-15-11-16(14-26)19-7-4-8-21(29)27(19)13-15/h2-3,5-6,15-16,19-20H,4,7-14H2,1H3,(H,25,32)/t15-,16+,19+,20+/m1/s1. The minimum atomic E-state index is -0.832. The number of aromatic amines is 1. The number of para-hydroxylation sites is 1. The number of carbonyl (C=O) groups excluding carboxylic acids is 2. The highest BCUT2D eigenvalue weighted by Gasteiger charge is 2.45. The van der Waals surface area contributed by atoms with E-state index in [0.717, 1.165) is 23.8 Å². The number of amides is 2. The molecule has 3 aliphatic rings. The number of rotatable bonds is 5. The van der Waals surface area contributed by atoms with Gasteiger partial charge in [-0.05, 0) is 61.7 Å². The Hall–Kier alpha value is -2.55. The van der Waals surface area contributed by atoms with Crippen LogP contribution in [0.4, 0.5) is 0 Å². The lowest BCUT2D eigenvalue weighted by molar-refractivity contribution is -0.150. The summed E-state index contributed by atoms with van der Waals surface area (Å²) in [6.45, 7) is 1.86. The Kier molecular flexibility index (Phi) is 6.07. The number of hydrogen-bond donors (Lipinski definition) is 1. The van der Waals surface area contributed by atoms with Crippen LogP contribution in [0.2, 0.25) is 0 Å². The van der Waals surface area contributed by atoms with Gasteiger partial charge in [-0.15, -0.1) is 0 Å². The van der Waals surface area contributed by atoms with Gasteiger partial charge in [0.1, 0.15) is 6.04 Å². The van der Waals surface area contributed by atoms with Gasteiger partial charge in [0.25, 0.3) is 5.56 Å². The third-order valence-electron chi connectivity index (χ3n) is 7.52. The van der Waals surface area contributed by atoms with E-state index in [-0.39, 0.29) is 29.7 Å². The molecule has 0 saturated carbocycles. The first-order valence-corrected chi connectivity index (χ1v) is 13.2. The van der Waals surface area contributed by atoms with E-state index in [0.29, 0.717) is 49.1 Å². The van der Waals surface area contributed by atoms with Crippen molar-refractivity contribution in [2.24, 2.45) is 11.8 Å². The number of thioether (sulfide) groups is 1. The molecule has 4 heterocycles. The fourth-order valence-electron chi connectivity index (χ4n) is 6.05. The topological polar surface area (TPSA) is 95.5 Å². The SMILES string of the molecule is CSCC[C@@H](C(=O)N1C[C@H]2C[C@@H](C1)[C@@H]1CCCC(=O)N1C2)n1c(=O)[nH]c2ccccc2c1=O. The largest absolute Gasteiger partial charge is 0.340 e. The van der Waals surface area contributed by atoms with Crippen molar-refractivity contribution in [1.29, 1.82) is 0 Å². The second-order valence-electron chi connectivity index (χ2n) is 9.56. The van der Waals surface area contributed by atoms with Crippen LogP contribution in [0, 0.1) is 11.8 Å². The highest BCUT2D eigenvalue weighted by molar-refractivity contribution is 7.98. The maximum atomic E-state index is 13.8. The van der Waals surface area contributed by atoms with Gasteiger partial charge in [0.05, 0.1) is 10.9 Å². The fourth-order valence-corrected chi connectivity index (χ4v) is 6.51. The molecule has 2 bridgehead atoms. The van der Waals surface area contributed by atoms with Crippen molar-refractivity contribution in [3.05, 3.63) is 45.1 Å². The summed E-state index contributed by atoms with van der Waals surface area (Å²) in [4.78, 5) is 59.2. The van der Waals surface area contributed by atoms with Crippen LogP contribution in [0.25, 0.3) is 10.9 Å². The number of likely N-dealkylation sites (tertiary alicyclic amines) is 1. The molecule has 1 aromatic carbocycles. The number of nitrogens with zero attached hydrogens (tertiary/aromatic N) is 3. The molecule has 176 valence electrons. The van der Waals surface area contributed by atoms with Gasteiger partial charge >= 0.3 is 5.69 Å². The first kappa shape index (κ1) is 22.3. The molecule has 0 aliphatic carbocycles. The van der Waals surface area contributed by atoms with Crippen LogP contribution in [-0.2, 0) is 9.59 Å². The summed E-state index contributed by atoms with van der Waals surface area (Å²) in [5.74, 6) is 1.27. The van der Waals surface area contributed by atoms with Gasteiger partial charge < -0.3 is 14.8 Å². The molecule has 5 rings (SSSR count). The molecule has 8 nitrogen and oxygen atoms in total. The number of H-pyrrole nitrogens is 1. The zero-order chi connectivity index (χ0) is 23.1. The predicted molar refractivity (Wildman–Crippen MR) is 128 cm³/mol. The average molecular weight is 471 g/mol. The van der Waals surface area contributed by atoms with E-state index in [1.54, 1.807) is 36.0 Å². The van der Waals surface area contributed by atoms with E-state index in [4.69, 9.17) is 0 Å². The summed E-state index contributed by atoms with van der Waals surface area (Å²) in [5.41, 5.74) is -0.483. The monoisotopic (exact) mass is 470 g/mol. The number of fused-ring (bicyclic) bond motifs is 5. The van der Waals surface area contributed by atoms with Crippen molar-refractivity contribution in [1.82, 2.24) is 19.4 Å². The van der Waals surface area contributed by atoms with E-state index >= 15 is 0 Å². The third kappa shape index (κ3) is 4.00. The molecule has 0 radical (unpaired) electrons. The van der Waals surface area contributed by atoms with Crippen molar-refractivity contribution in [3.8, 4) is 0 Å². The maximum Gasteiger partial charge on any atom is 0.329 e. The van der Waals surface area contributed by atoms with Crippen LogP contribution in [0.15, 0.2) is 33.9 Å². The van der Waals surface area contributed by atoms with Crippen LogP contribution >= 0.6 is 11.8 Å². The molecular formula is C24H30N4O4S. The minimum Gasteiger partial charge on any atom is -0.340 e. The Bertz CT molecular complexity index is 1190. The normalized spacial score (nSPS) is 25.7. The Morgan fingerprint density at radius 1 is 1.18 bits per heavy atom. The molecule has 3 saturated heterocycles. The summed E-state index contributed by atoms with van der Waals surface area (Å²) in [5, 5.41) is 0.408. The summed E-state index contributed by atoms with van der Waals surface area (Å²) in [6.07, 6.45) is 5.93. The van der Waals surface area contributed by atoms with E-state index in [1.165, 1.54) is 0 Å². The number of benzene rings is 1. The van der Waals surface area contributed by atoms with E-state index < -0.39 is 17.3 Å². The van der Waals surface area contributed by atoms with Crippen molar-refractivity contribution in [2.45, 2.75) is 44.2 Å². The van der Waals surface area contributed by atoms with E-state index in [1.807, 2.05) is 16.1 Å². The van der Waals surface area contributed by atoms with Crippen molar-refractivity contribution >= 4 is 34.5 Å². The van der Waals surface area contributed by atoms with E-state index in [2.05, 4.69) is 4.98 Å². The quantitative estimate of drug-likeness (QED) is 0.720. The number of hydrogen-bond acceptors (Lipinski definition) is 5. The molecule has 3 aliphatic heterocycles. The second-order valence-corrected chi connectivity index (χ2v) is 10.5. The second kappa shape index (κ2) is 9.00. The van der Waals surface area contributed by atoms with Crippen LogP contribution in [0.5, 0.6) is 0 Å². The summed E-state index contributed by atoms with van der Waals surface area (Å²) in [7, 11) is 0. The van der Waals surface area contributed by atoms with Gasteiger partial charge in [0.15, 0.2) is 0 Å². The molecule has 0 unspecified atom stereocenters. The number of piperidine rings is 3. The number of aromatic nitrogens is 2. The summed E-state index contributed by atoms with van der Waals surface area (Å²) < 4.78 is 1.13. The molecule has 9 heteroatoms. The number of nitrogens with one attached hydrogen (secondary N) is 1. The van der Waals surface area contributed by atoms with Crippen LogP contribution in [0.1, 0.15) is 38.1 Å². The lowest BCUT2D eigenvalue weighted by Crippen LogP contribution is -2.62. The van der Waals surface area contributed by atoms with Crippen molar-refractivity contribution in [2.75, 3.05) is 31.6 Å². The van der Waals surface area contributed by atoms with Crippen molar-refractivity contribution in [3.63, 3.8) is 0 Å². The maximum absolute atomic E-state index is 13.8. The fraction of sp³-hybridized carbons (Fsp3) is 0.583. The first-order valence-electron chi connectivity index (χ1n) is 11.8. The smallest absolute Gasteiger partial charge is 0.329 e. The molecule has 0 spiro atoms. The Balaban J connectivity index is 1.47. The van der Waals surface area contributed by atoms with Gasteiger partial charge in [0.2, 0.25) is 11.8 Å². The van der Waals surface area contributed by atoms with Crippen LogP contribution in [0.3, 0.4) is 0 Å². The molecule has 3 fully saturated rings. The minimum absolute atomic E-state index is 0.155. The predicted octanol–water partition coefficient (Wildman–Crippen LogP) is 1.84. The highest BCUT2D eigenvalue weighted by atomic mass is 32.2. The Morgan fingerprint density at radius 3 is 2.82 bits per heavy atom. The van der Waals surface area contributed by atoms with Gasteiger partial charge in [-0.3, -0.25) is 14.4 Å². The molecule has 1 N–H and O–H groups in total. The van der Waals surface area contributed by atoms with Gasteiger partial charge in [-0.2, -0.15) is 11.8 Å². The molecule has 33 heavy (non-hydrogen) atoms. The highest BCUT2D eigenvalue weighted by Crippen LogP contribution is 2.38. The number of carbonyl (C=O) groups is 2. The Morgan fingerprint density at radius 2 is 2.00 bits per heavy atom. The Labute approximate surface area is 196 Å². The molecular weight excluding hydrogens is 440 g/mol. The van der Waals surface area contributed by atoms with Crippen LogP contribution in [-0.4, -0.2) is 68.8 Å². The van der Waals surface area contributed by atoms with E-state index in [9.17, 15) is 19.2 Å². The van der Waals surface area contributed by atoms with Gasteiger partial charge in [0, 0.05) is 32.1 Å². The molecule has 1 aromatic heterocycles. The zero-order valence-electron chi connectivity index (χ0n) is 18.9. The summed E-state index contributed by atoms with van der Waals surface area (Å²) in [6, 6.07) is 6.28. The first-order chi connectivity index (χ1) is 16.0. The average Bonchev–Trinajstić information content (AvgIpc) is 2.81. The molecule has 2 amide bonds.